The van der Waals surface area contributed by atoms with Gasteiger partial charge in [-0.3, -0.25) is 14.7 Å². The Bertz CT molecular complexity index is 864. The summed E-state index contributed by atoms with van der Waals surface area (Å²) in [5.41, 5.74) is -3.79. The molecule has 0 unspecified atom stereocenters. The summed E-state index contributed by atoms with van der Waals surface area (Å²) in [5.74, 6) is 0. The fourth-order valence-electron chi connectivity index (χ4n) is 6.16. The molecule has 0 aliphatic rings. The largest absolute Gasteiger partial charge is 0.540 e. The molecule has 0 aromatic carbocycles. The van der Waals surface area contributed by atoms with Crippen LogP contribution in [0.1, 0.15) is 156 Å². The lowest BCUT2D eigenvalue weighted by atomic mass is 9.84. The van der Waals surface area contributed by atoms with Crippen molar-refractivity contribution in [3.05, 3.63) is 0 Å². The van der Waals surface area contributed by atoms with E-state index < -0.39 is 40.7 Å². The molecule has 0 aliphatic heterocycles. The van der Waals surface area contributed by atoms with E-state index in [1.54, 1.807) is 41.5 Å². The van der Waals surface area contributed by atoms with E-state index in [1.165, 1.54) is 0 Å². The van der Waals surface area contributed by atoms with Crippen LogP contribution in [0.2, 0.25) is 0 Å². The minimum Gasteiger partial charge on any atom is -0.431 e. The third kappa shape index (κ3) is 23.9. The van der Waals surface area contributed by atoms with Crippen LogP contribution in [-0.4, -0.2) is 55.1 Å². The molecule has 0 spiro atoms. The summed E-state index contributed by atoms with van der Waals surface area (Å²) < 4.78 is 16.4. The quantitative estimate of drug-likeness (QED) is 0.0419. The van der Waals surface area contributed by atoms with E-state index in [9.17, 15) is 14.4 Å². The van der Waals surface area contributed by atoms with Crippen molar-refractivity contribution in [2.75, 3.05) is 19.8 Å². The normalized spacial score (nSPS) is 13.5. The Hall–Kier alpha value is -2.31. The van der Waals surface area contributed by atoms with Gasteiger partial charge < -0.3 is 14.2 Å². The van der Waals surface area contributed by atoms with Gasteiger partial charge in [-0.1, -0.05) is 88.5 Å². The van der Waals surface area contributed by atoms with E-state index in [-0.39, 0.29) is 36.1 Å². The summed E-state index contributed by atoms with van der Waals surface area (Å²) in [4.78, 5) is 69.3. The van der Waals surface area contributed by atoms with Gasteiger partial charge in [-0.2, -0.15) is 14.7 Å². The first-order valence-corrected chi connectivity index (χ1v) is 17.1. The summed E-state index contributed by atoms with van der Waals surface area (Å²) in [6.07, 6.45) is 1.21. The summed E-state index contributed by atoms with van der Waals surface area (Å²) >= 11 is 0. The van der Waals surface area contributed by atoms with Gasteiger partial charge in [0.1, 0.15) is 36.6 Å². The van der Waals surface area contributed by atoms with Crippen LogP contribution in [0.3, 0.4) is 0 Å². The van der Waals surface area contributed by atoms with Gasteiger partial charge in [0.25, 0.3) is 0 Å². The smallest absolute Gasteiger partial charge is 0.431 e. The number of rotatable bonds is 19. The zero-order chi connectivity index (χ0) is 37.7. The molecule has 48 heavy (non-hydrogen) atoms. The average molecular weight is 693 g/mol. The third-order valence-corrected chi connectivity index (χ3v) is 6.67. The summed E-state index contributed by atoms with van der Waals surface area (Å²) in [5, 5.41) is 0. The molecule has 284 valence electrons. The molecule has 0 saturated heterocycles. The summed E-state index contributed by atoms with van der Waals surface area (Å²) in [6, 6.07) is 0. The van der Waals surface area contributed by atoms with E-state index in [0.717, 1.165) is 12.8 Å². The molecule has 0 saturated carbocycles. The molecule has 0 bridgehead atoms. The van der Waals surface area contributed by atoms with Crippen LogP contribution in [0.25, 0.3) is 0 Å². The molecule has 0 heterocycles. The molecule has 0 aromatic rings. The van der Waals surface area contributed by atoms with Crippen LogP contribution in [0.4, 0.5) is 14.4 Å². The Morgan fingerprint density at radius 1 is 0.438 bits per heavy atom. The number of hydrogen-bond acceptors (Lipinski definition) is 12. The molecule has 0 radical (unpaired) electrons. The van der Waals surface area contributed by atoms with Crippen molar-refractivity contribution in [2.24, 2.45) is 21.7 Å². The van der Waals surface area contributed by atoms with Crippen molar-refractivity contribution < 1.29 is 57.9 Å². The number of unbranched alkanes of at least 4 members (excludes halogenated alkanes) is 2. The summed E-state index contributed by atoms with van der Waals surface area (Å²) in [6.45, 7) is 30.2. The lowest BCUT2D eigenvalue weighted by Crippen LogP contribution is -2.41. The molecule has 0 rings (SSSR count). The highest BCUT2D eigenvalue weighted by atomic mass is 17.2. The third-order valence-electron chi connectivity index (χ3n) is 6.67. The zero-order valence-corrected chi connectivity index (χ0v) is 33.0. The Morgan fingerprint density at radius 2 is 0.708 bits per heavy atom. The Kier molecular flexibility index (Phi) is 17.7. The van der Waals surface area contributed by atoms with Gasteiger partial charge in [-0.15, -0.1) is 0 Å². The highest BCUT2D eigenvalue weighted by molar-refractivity contribution is 5.60. The fraction of sp³-hybridized carbons (Fsp3) is 0.917. The Balaban J connectivity index is 5.84. The first-order valence-electron chi connectivity index (χ1n) is 17.1. The van der Waals surface area contributed by atoms with Gasteiger partial charge in [0.15, 0.2) is 0 Å². The first-order chi connectivity index (χ1) is 21.5. The van der Waals surface area contributed by atoms with E-state index in [0.29, 0.717) is 32.1 Å². The minimum absolute atomic E-state index is 0.0829. The number of carbonyl (C=O) groups excluding carboxylic acids is 3. The monoisotopic (exact) mass is 692 g/mol. The van der Waals surface area contributed by atoms with Crippen molar-refractivity contribution in [3.8, 4) is 0 Å². The molecule has 0 amide bonds. The van der Waals surface area contributed by atoms with Crippen molar-refractivity contribution in [2.45, 2.75) is 173 Å². The Labute approximate surface area is 290 Å². The van der Waals surface area contributed by atoms with Gasteiger partial charge in [-0.05, 0) is 83.5 Å². The zero-order valence-electron chi connectivity index (χ0n) is 33.0. The summed E-state index contributed by atoms with van der Waals surface area (Å²) in [7, 11) is 0. The van der Waals surface area contributed by atoms with Crippen molar-refractivity contribution in [1.29, 1.82) is 0 Å². The van der Waals surface area contributed by atoms with Crippen LogP contribution >= 0.6 is 0 Å². The van der Waals surface area contributed by atoms with Crippen LogP contribution < -0.4 is 0 Å². The van der Waals surface area contributed by atoms with E-state index >= 15 is 0 Å². The van der Waals surface area contributed by atoms with Crippen molar-refractivity contribution in [3.63, 3.8) is 0 Å². The second kappa shape index (κ2) is 18.6. The van der Waals surface area contributed by atoms with E-state index in [1.807, 2.05) is 69.2 Å². The van der Waals surface area contributed by atoms with Gasteiger partial charge >= 0.3 is 18.5 Å². The van der Waals surface area contributed by atoms with Gasteiger partial charge in [-0.25, -0.2) is 14.4 Å². The van der Waals surface area contributed by atoms with Crippen LogP contribution in [0, 0.1) is 21.7 Å². The molecule has 12 nitrogen and oxygen atoms in total. The number of hydrogen-bond donors (Lipinski definition) is 0. The maximum absolute atomic E-state index is 12.7. The van der Waals surface area contributed by atoms with Crippen LogP contribution in [-0.2, 0) is 43.5 Å². The lowest BCUT2D eigenvalue weighted by molar-refractivity contribution is -0.327. The lowest BCUT2D eigenvalue weighted by Gasteiger charge is -2.33. The average Bonchev–Trinajstić information content (AvgIpc) is 2.86. The minimum atomic E-state index is -1.20. The van der Waals surface area contributed by atoms with E-state index in [4.69, 9.17) is 43.5 Å². The van der Waals surface area contributed by atoms with Crippen LogP contribution in [0.5, 0.6) is 0 Å². The van der Waals surface area contributed by atoms with Crippen LogP contribution in [0.15, 0.2) is 0 Å². The Morgan fingerprint density at radius 3 is 0.938 bits per heavy atom. The number of carbonyl (C=O) groups is 3. The van der Waals surface area contributed by atoms with Gasteiger partial charge in [0.05, 0.1) is 5.41 Å². The highest BCUT2D eigenvalue weighted by Crippen LogP contribution is 2.33. The van der Waals surface area contributed by atoms with Gasteiger partial charge in [0, 0.05) is 0 Å². The standard InChI is InChI=1S/C36H68O12/c1-17-18-19-20-36(24-40-27(37)43-46-33(11,12)21-30(2,3)4,25-41-28(38)44-47-34(13,14)22-31(5,6)7)26-42-29(39)45-48-35(15,16)23-32(8,9)10/h17-26H2,1-16H3. The maximum Gasteiger partial charge on any atom is 0.540 e. The molecule has 0 fully saturated rings. The maximum atomic E-state index is 12.7. The first kappa shape index (κ1) is 45.7. The second-order valence-corrected chi connectivity index (χ2v) is 18.6. The van der Waals surface area contributed by atoms with E-state index in [2.05, 4.69) is 0 Å². The highest BCUT2D eigenvalue weighted by Gasteiger charge is 2.38. The molecule has 0 aliphatic carbocycles. The topological polar surface area (TPSA) is 134 Å². The molecule has 12 heteroatoms. The van der Waals surface area contributed by atoms with Gasteiger partial charge in [0.2, 0.25) is 0 Å². The number of ether oxygens (including phenoxy) is 3. The molecule has 0 aromatic heterocycles. The second-order valence-electron chi connectivity index (χ2n) is 18.6. The molecular formula is C36H68O12. The fourth-order valence-corrected chi connectivity index (χ4v) is 6.16. The van der Waals surface area contributed by atoms with Crippen molar-refractivity contribution in [1.82, 2.24) is 0 Å². The molecular weight excluding hydrogens is 624 g/mol. The van der Waals surface area contributed by atoms with Crippen molar-refractivity contribution >= 4 is 18.5 Å². The predicted octanol–water partition coefficient (Wildman–Crippen LogP) is 10.5. The predicted molar refractivity (Wildman–Crippen MR) is 182 cm³/mol. The SMILES string of the molecule is CCCCCC(COC(=O)OOC(C)(C)CC(C)(C)C)(COC(=O)OOC(C)(C)CC(C)(C)C)COC(=O)OOC(C)(C)CC(C)(C)C. The molecule has 0 N–H and O–H groups in total. The molecule has 0 atom stereocenters.